The van der Waals surface area contributed by atoms with Crippen LogP contribution in [-0.2, 0) is 15.2 Å². The molecule has 0 aliphatic rings. The van der Waals surface area contributed by atoms with Gasteiger partial charge in [-0.3, -0.25) is 0 Å². The minimum Gasteiger partial charge on any atom is -0.373 e. The van der Waals surface area contributed by atoms with Crippen molar-refractivity contribution in [3.8, 4) is 0 Å². The van der Waals surface area contributed by atoms with Crippen LogP contribution < -0.4 is 4.90 Å². The Morgan fingerprint density at radius 1 is 1.35 bits per heavy atom. The minimum absolute atomic E-state index is 0.184. The molecule has 0 saturated carbocycles. The number of rotatable bonds is 5. The molecule has 0 aliphatic heterocycles. The van der Waals surface area contributed by atoms with Crippen LogP contribution in [0.3, 0.4) is 0 Å². The van der Waals surface area contributed by atoms with Gasteiger partial charge in [-0.1, -0.05) is 28.1 Å². The van der Waals surface area contributed by atoms with Crippen molar-refractivity contribution in [1.29, 1.82) is 0 Å². The molecule has 1 aromatic carbocycles. The molecular weight excluding hydrogens is 302 g/mol. The molecule has 0 fully saturated rings. The zero-order valence-electron chi connectivity index (χ0n) is 10.4. The van der Waals surface area contributed by atoms with E-state index in [9.17, 15) is 8.42 Å². The summed E-state index contributed by atoms with van der Waals surface area (Å²) in [5.41, 5.74) is 3.47. The minimum atomic E-state index is -2.90. The standard InChI is InChI=1S/C12H18BrNO2S/c1-10-8-11(9-13)4-5-12(10)14(2)6-7-17(3,15)16/h4-5,8H,6-7,9H2,1-3H3. The van der Waals surface area contributed by atoms with E-state index < -0.39 is 9.84 Å². The summed E-state index contributed by atoms with van der Waals surface area (Å²) in [5, 5.41) is 0.834. The van der Waals surface area contributed by atoms with Crippen LogP contribution in [0.2, 0.25) is 0 Å². The van der Waals surface area contributed by atoms with Gasteiger partial charge in [-0.2, -0.15) is 0 Å². The van der Waals surface area contributed by atoms with Crippen molar-refractivity contribution in [2.45, 2.75) is 12.3 Å². The molecular formula is C12H18BrNO2S. The monoisotopic (exact) mass is 319 g/mol. The predicted molar refractivity (Wildman–Crippen MR) is 76.8 cm³/mol. The van der Waals surface area contributed by atoms with Crippen molar-refractivity contribution in [2.24, 2.45) is 0 Å². The second-order valence-electron chi connectivity index (χ2n) is 4.31. The molecule has 96 valence electrons. The molecule has 3 nitrogen and oxygen atoms in total. The van der Waals surface area contributed by atoms with Gasteiger partial charge in [0.15, 0.2) is 0 Å². The number of halogens is 1. The molecule has 1 aromatic rings. The largest absolute Gasteiger partial charge is 0.373 e. The van der Waals surface area contributed by atoms with Gasteiger partial charge in [-0.05, 0) is 24.1 Å². The summed E-state index contributed by atoms with van der Waals surface area (Å²) < 4.78 is 22.2. The first-order valence-electron chi connectivity index (χ1n) is 5.38. The number of anilines is 1. The highest BCUT2D eigenvalue weighted by Crippen LogP contribution is 2.21. The highest BCUT2D eigenvalue weighted by Gasteiger charge is 2.08. The fourth-order valence-electron chi connectivity index (χ4n) is 1.65. The number of alkyl halides is 1. The van der Waals surface area contributed by atoms with Gasteiger partial charge in [0.2, 0.25) is 0 Å². The van der Waals surface area contributed by atoms with E-state index in [4.69, 9.17) is 0 Å². The zero-order valence-corrected chi connectivity index (χ0v) is 12.8. The van der Waals surface area contributed by atoms with E-state index in [1.807, 2.05) is 31.0 Å². The maximum absolute atomic E-state index is 11.1. The second kappa shape index (κ2) is 5.87. The van der Waals surface area contributed by atoms with Crippen molar-refractivity contribution in [1.82, 2.24) is 0 Å². The molecule has 0 N–H and O–H groups in total. The average Bonchev–Trinajstić information content (AvgIpc) is 2.24. The van der Waals surface area contributed by atoms with E-state index in [0.29, 0.717) is 6.54 Å². The summed E-state index contributed by atoms with van der Waals surface area (Å²) in [6, 6.07) is 6.20. The van der Waals surface area contributed by atoms with Crippen LogP contribution in [0, 0.1) is 6.92 Å². The van der Waals surface area contributed by atoms with Crippen molar-refractivity contribution in [2.75, 3.05) is 30.5 Å². The van der Waals surface area contributed by atoms with Crippen LogP contribution in [-0.4, -0.2) is 34.0 Å². The van der Waals surface area contributed by atoms with E-state index in [1.165, 1.54) is 11.8 Å². The number of hydrogen-bond donors (Lipinski definition) is 0. The summed E-state index contributed by atoms with van der Waals surface area (Å²) in [6.07, 6.45) is 1.27. The Bertz CT molecular complexity index is 485. The third-order valence-electron chi connectivity index (χ3n) is 2.62. The number of nitrogens with zero attached hydrogens (tertiary/aromatic N) is 1. The van der Waals surface area contributed by atoms with Gasteiger partial charge in [0.05, 0.1) is 5.75 Å². The lowest BCUT2D eigenvalue weighted by molar-refractivity contribution is 0.601. The SMILES string of the molecule is Cc1cc(CBr)ccc1N(C)CCS(C)(=O)=O. The van der Waals surface area contributed by atoms with Crippen LogP contribution in [0.4, 0.5) is 5.69 Å². The zero-order chi connectivity index (χ0) is 13.1. The van der Waals surface area contributed by atoms with Crippen molar-refractivity contribution < 1.29 is 8.42 Å². The smallest absolute Gasteiger partial charge is 0.149 e. The Morgan fingerprint density at radius 3 is 2.47 bits per heavy atom. The van der Waals surface area contributed by atoms with Crippen molar-refractivity contribution in [3.05, 3.63) is 29.3 Å². The first-order valence-corrected chi connectivity index (χ1v) is 8.56. The van der Waals surface area contributed by atoms with Gasteiger partial charge in [-0.15, -0.1) is 0 Å². The molecule has 0 aliphatic carbocycles. The number of benzene rings is 1. The summed E-state index contributed by atoms with van der Waals surface area (Å²) in [6.45, 7) is 2.56. The van der Waals surface area contributed by atoms with Gasteiger partial charge < -0.3 is 4.90 Å². The van der Waals surface area contributed by atoms with Crippen molar-refractivity contribution in [3.63, 3.8) is 0 Å². The van der Waals surface area contributed by atoms with E-state index in [0.717, 1.165) is 16.6 Å². The maximum Gasteiger partial charge on any atom is 0.149 e. The molecule has 0 amide bonds. The lowest BCUT2D eigenvalue weighted by Gasteiger charge is -2.21. The Hall–Kier alpha value is -0.550. The van der Waals surface area contributed by atoms with Gasteiger partial charge in [0.25, 0.3) is 0 Å². The van der Waals surface area contributed by atoms with Crippen LogP contribution in [0.25, 0.3) is 0 Å². The number of hydrogen-bond acceptors (Lipinski definition) is 3. The first-order chi connectivity index (χ1) is 7.83. The summed E-state index contributed by atoms with van der Waals surface area (Å²) in [5.74, 6) is 0.184. The van der Waals surface area contributed by atoms with Crippen LogP contribution in [0.5, 0.6) is 0 Å². The third-order valence-corrected chi connectivity index (χ3v) is 4.20. The predicted octanol–water partition coefficient (Wildman–Crippen LogP) is 2.37. The van der Waals surface area contributed by atoms with E-state index >= 15 is 0 Å². The van der Waals surface area contributed by atoms with E-state index in [1.54, 1.807) is 0 Å². The average molecular weight is 320 g/mol. The second-order valence-corrected chi connectivity index (χ2v) is 7.13. The molecule has 0 heterocycles. The Kier molecular flexibility index (Phi) is 5.01. The fraction of sp³-hybridized carbons (Fsp3) is 0.500. The van der Waals surface area contributed by atoms with E-state index in [2.05, 4.69) is 22.0 Å². The van der Waals surface area contributed by atoms with Crippen LogP contribution in [0.1, 0.15) is 11.1 Å². The first kappa shape index (κ1) is 14.5. The Morgan fingerprint density at radius 2 is 2.00 bits per heavy atom. The topological polar surface area (TPSA) is 37.4 Å². The highest BCUT2D eigenvalue weighted by atomic mass is 79.9. The maximum atomic E-state index is 11.1. The molecule has 0 aromatic heterocycles. The lowest BCUT2D eigenvalue weighted by Crippen LogP contribution is -2.25. The molecule has 0 unspecified atom stereocenters. The number of aryl methyl sites for hydroxylation is 1. The number of sulfone groups is 1. The molecule has 5 heteroatoms. The van der Waals surface area contributed by atoms with E-state index in [-0.39, 0.29) is 5.75 Å². The lowest BCUT2D eigenvalue weighted by atomic mass is 10.1. The van der Waals surface area contributed by atoms with Gasteiger partial charge in [0, 0.05) is 30.9 Å². The van der Waals surface area contributed by atoms with Gasteiger partial charge in [0.1, 0.15) is 9.84 Å². The van der Waals surface area contributed by atoms with Crippen molar-refractivity contribution >= 4 is 31.5 Å². The molecule has 0 saturated heterocycles. The summed E-state index contributed by atoms with van der Waals surface area (Å²) in [7, 11) is -0.984. The summed E-state index contributed by atoms with van der Waals surface area (Å²) in [4.78, 5) is 1.98. The van der Waals surface area contributed by atoms with Crippen LogP contribution >= 0.6 is 15.9 Å². The Labute approximate surface area is 112 Å². The quantitative estimate of drug-likeness (QED) is 0.782. The molecule has 0 radical (unpaired) electrons. The molecule has 17 heavy (non-hydrogen) atoms. The third kappa shape index (κ3) is 4.68. The molecule has 0 bridgehead atoms. The van der Waals surface area contributed by atoms with Gasteiger partial charge >= 0.3 is 0 Å². The van der Waals surface area contributed by atoms with Gasteiger partial charge in [-0.25, -0.2) is 8.42 Å². The summed E-state index contributed by atoms with van der Waals surface area (Å²) >= 11 is 3.42. The Balaban J connectivity index is 2.79. The molecule has 1 rings (SSSR count). The molecule has 0 spiro atoms. The fourth-order valence-corrected chi connectivity index (χ4v) is 2.61. The highest BCUT2D eigenvalue weighted by molar-refractivity contribution is 9.08. The van der Waals surface area contributed by atoms with Crippen LogP contribution in [0.15, 0.2) is 18.2 Å². The molecule has 0 atom stereocenters. The normalized spacial score (nSPS) is 11.5.